The maximum atomic E-state index is 6.36. The molecule has 4 aromatic carbocycles. The van der Waals surface area contributed by atoms with Gasteiger partial charge >= 0.3 is 0 Å². The van der Waals surface area contributed by atoms with Crippen LogP contribution in [-0.2, 0) is 28.1 Å². The molecule has 0 aliphatic carbocycles. The molecule has 204 valence electrons. The van der Waals surface area contributed by atoms with Crippen LogP contribution in [0.25, 0.3) is 5.69 Å². The molecule has 41 heavy (non-hydrogen) atoms. The van der Waals surface area contributed by atoms with Gasteiger partial charge in [-0.25, -0.2) is 4.98 Å². The minimum atomic E-state index is 0. The average Bonchev–Trinajstić information content (AvgIpc) is 3.63. The van der Waals surface area contributed by atoms with Gasteiger partial charge in [0.05, 0.1) is 18.4 Å². The number of aromatic nitrogens is 3. The maximum Gasteiger partial charge on any atom is 0.241 e. The fourth-order valence-corrected chi connectivity index (χ4v) is 6.91. The molecule has 0 N–H and O–H groups in total. The first kappa shape index (κ1) is 26.1. The van der Waals surface area contributed by atoms with Crippen molar-refractivity contribution in [3.63, 3.8) is 0 Å². The van der Waals surface area contributed by atoms with Crippen LogP contribution in [0.4, 0.5) is 33.6 Å². The van der Waals surface area contributed by atoms with E-state index in [4.69, 9.17) is 4.74 Å². The molecule has 4 heterocycles. The molecular formula is C32H21N5OPtS2-2. The average molecular weight is 751 g/mol. The van der Waals surface area contributed by atoms with Gasteiger partial charge in [-0.05, 0) is 42.6 Å². The number of ether oxygens (including phenoxy) is 1. The first-order chi connectivity index (χ1) is 19.6. The van der Waals surface area contributed by atoms with Crippen molar-refractivity contribution in [1.29, 1.82) is 0 Å². The number of para-hydroxylation sites is 3. The number of nitrogens with zero attached hydrogens (tertiary/aromatic N) is 5. The Hall–Kier alpha value is -3.84. The standard InChI is InChI=1S/C32H21N5OS2.Pt/c1-21-19-34(2)20-35(21)22-11-13-29-26(17-22)36(24-7-3-5-9-28(24)38-29)23-12-14-31-27(18-23)37(32-33-15-16-39-32)25-8-4-6-10-30(25)40-31;/h3-16,19H,1-2H3;/q-2;. The molecule has 6 nitrogen and oxygen atoms in total. The van der Waals surface area contributed by atoms with Crippen molar-refractivity contribution < 1.29 is 30.4 Å². The number of rotatable bonds is 3. The maximum absolute atomic E-state index is 6.36. The number of hydrogen-bond donors (Lipinski definition) is 0. The van der Waals surface area contributed by atoms with Crippen LogP contribution in [0.2, 0.25) is 0 Å². The van der Waals surface area contributed by atoms with Gasteiger partial charge in [0, 0.05) is 55.2 Å². The second-order valence-corrected chi connectivity index (χ2v) is 11.5. The smallest absolute Gasteiger partial charge is 0.241 e. The van der Waals surface area contributed by atoms with Crippen molar-refractivity contribution in [2.24, 2.45) is 7.05 Å². The Bertz CT molecular complexity index is 1920. The van der Waals surface area contributed by atoms with E-state index in [1.807, 2.05) is 64.3 Å². The molecule has 2 aliphatic heterocycles. The minimum Gasteiger partial charge on any atom is -0.513 e. The first-order valence-corrected chi connectivity index (χ1v) is 14.5. The van der Waals surface area contributed by atoms with Crippen molar-refractivity contribution >= 4 is 56.7 Å². The molecule has 0 radical (unpaired) electrons. The van der Waals surface area contributed by atoms with Gasteiger partial charge < -0.3 is 23.7 Å². The minimum absolute atomic E-state index is 0. The quantitative estimate of drug-likeness (QED) is 0.135. The summed E-state index contributed by atoms with van der Waals surface area (Å²) in [6.45, 7) is 2.06. The Balaban J connectivity index is 0.00000276. The van der Waals surface area contributed by atoms with Crippen LogP contribution in [0, 0.1) is 25.4 Å². The fraction of sp³-hybridized carbons (Fsp3) is 0.0625. The summed E-state index contributed by atoms with van der Waals surface area (Å²) in [7, 11) is 1.97. The SMILES string of the molecule is Cc1c[n+](C)[c-]n1-c1[c-]c2c(cc1)Oc1ccccc1N2c1[c-]c2c(cc1)Sc1ccccc1N2c1nccs1.[Pt]. The zero-order valence-electron chi connectivity index (χ0n) is 21.9. The molecule has 0 unspecified atom stereocenters. The van der Waals surface area contributed by atoms with Crippen LogP contribution in [0.3, 0.4) is 0 Å². The number of fused-ring (bicyclic) bond motifs is 4. The number of hydrogen-bond acceptors (Lipinski definition) is 6. The van der Waals surface area contributed by atoms with Gasteiger partial charge in [0.2, 0.25) is 6.33 Å². The molecule has 2 aliphatic rings. The van der Waals surface area contributed by atoms with Crippen molar-refractivity contribution in [3.8, 4) is 17.2 Å². The number of thiazole rings is 1. The van der Waals surface area contributed by atoms with E-state index in [9.17, 15) is 0 Å². The van der Waals surface area contributed by atoms with Crippen LogP contribution in [0.15, 0.2) is 100 Å². The van der Waals surface area contributed by atoms with Crippen molar-refractivity contribution in [2.75, 3.05) is 9.80 Å². The summed E-state index contributed by atoms with van der Waals surface area (Å²) in [5.41, 5.74) is 6.67. The molecule has 0 bridgehead atoms. The monoisotopic (exact) mass is 750 g/mol. The van der Waals surface area contributed by atoms with E-state index >= 15 is 0 Å². The zero-order valence-corrected chi connectivity index (χ0v) is 25.8. The third-order valence-corrected chi connectivity index (χ3v) is 8.80. The predicted octanol–water partition coefficient (Wildman–Crippen LogP) is 7.97. The van der Waals surface area contributed by atoms with Gasteiger partial charge in [0.1, 0.15) is 5.75 Å². The molecule has 0 saturated carbocycles. The second-order valence-electron chi connectivity index (χ2n) is 9.55. The Morgan fingerprint density at radius 2 is 1.59 bits per heavy atom. The van der Waals surface area contributed by atoms with E-state index in [0.717, 1.165) is 61.3 Å². The van der Waals surface area contributed by atoms with Gasteiger partial charge in [-0.3, -0.25) is 0 Å². The molecule has 0 spiro atoms. The number of imidazole rings is 1. The molecule has 2 aromatic heterocycles. The third kappa shape index (κ3) is 4.29. The van der Waals surface area contributed by atoms with Gasteiger partial charge in [0.15, 0.2) is 5.13 Å². The summed E-state index contributed by atoms with van der Waals surface area (Å²) in [6.07, 6.45) is 7.22. The fourth-order valence-electron chi connectivity index (χ4n) is 5.23. The van der Waals surface area contributed by atoms with E-state index in [0.29, 0.717) is 0 Å². The molecule has 0 saturated heterocycles. The summed E-state index contributed by atoms with van der Waals surface area (Å²) in [4.78, 5) is 11.4. The molecular weight excluding hydrogens is 730 g/mol. The number of aryl methyl sites for hydroxylation is 2. The molecule has 0 atom stereocenters. The Kier molecular flexibility index (Phi) is 6.50. The molecule has 6 aromatic rings. The predicted molar refractivity (Wildman–Crippen MR) is 157 cm³/mol. The van der Waals surface area contributed by atoms with E-state index in [1.54, 1.807) is 23.1 Å². The summed E-state index contributed by atoms with van der Waals surface area (Å²) < 4.78 is 10.3. The number of benzene rings is 4. The van der Waals surface area contributed by atoms with E-state index in [-0.39, 0.29) is 21.1 Å². The van der Waals surface area contributed by atoms with Crippen LogP contribution >= 0.6 is 23.1 Å². The van der Waals surface area contributed by atoms with Gasteiger partial charge in [-0.1, -0.05) is 40.5 Å². The van der Waals surface area contributed by atoms with Crippen LogP contribution in [-0.4, -0.2) is 9.55 Å². The zero-order chi connectivity index (χ0) is 26.8. The second kappa shape index (κ2) is 10.2. The molecule has 8 rings (SSSR count). The van der Waals surface area contributed by atoms with E-state index in [2.05, 4.69) is 82.6 Å². The molecule has 0 fully saturated rings. The Labute approximate surface area is 260 Å². The van der Waals surface area contributed by atoms with Gasteiger partial charge in [-0.2, -0.15) is 30.0 Å². The van der Waals surface area contributed by atoms with Crippen molar-refractivity contribution in [2.45, 2.75) is 16.7 Å². The van der Waals surface area contributed by atoms with E-state index in [1.165, 1.54) is 4.90 Å². The summed E-state index contributed by atoms with van der Waals surface area (Å²) in [5.74, 6) is 1.52. The summed E-state index contributed by atoms with van der Waals surface area (Å²) >= 11 is 3.37. The topological polar surface area (TPSA) is 37.4 Å². The summed E-state index contributed by atoms with van der Waals surface area (Å²) in [6, 6.07) is 32.3. The van der Waals surface area contributed by atoms with Crippen molar-refractivity contribution in [1.82, 2.24) is 9.55 Å². The van der Waals surface area contributed by atoms with Gasteiger partial charge in [0.25, 0.3) is 0 Å². The Morgan fingerprint density at radius 1 is 0.805 bits per heavy atom. The van der Waals surface area contributed by atoms with Crippen LogP contribution < -0.4 is 19.1 Å². The third-order valence-electron chi connectivity index (χ3n) is 6.93. The van der Waals surface area contributed by atoms with E-state index < -0.39 is 0 Å². The van der Waals surface area contributed by atoms with Gasteiger partial charge in [-0.15, -0.1) is 29.5 Å². The van der Waals surface area contributed by atoms with Crippen molar-refractivity contribution in [3.05, 3.63) is 115 Å². The summed E-state index contributed by atoms with van der Waals surface area (Å²) in [5, 5.41) is 2.92. The first-order valence-electron chi connectivity index (χ1n) is 12.8. The number of anilines is 6. The Morgan fingerprint density at radius 3 is 2.39 bits per heavy atom. The van der Waals surface area contributed by atoms with Crippen LogP contribution in [0.5, 0.6) is 11.5 Å². The molecule has 0 amide bonds. The molecule has 9 heteroatoms. The normalized spacial score (nSPS) is 12.9. The van der Waals surface area contributed by atoms with Crippen LogP contribution in [0.1, 0.15) is 5.69 Å². The largest absolute Gasteiger partial charge is 0.513 e.